The van der Waals surface area contributed by atoms with E-state index in [1.807, 2.05) is 29.2 Å². The molecule has 25 heavy (non-hydrogen) atoms. The van der Waals surface area contributed by atoms with Crippen LogP contribution in [0, 0.1) is 12.7 Å². The quantitative estimate of drug-likeness (QED) is 0.835. The second-order valence-electron chi connectivity index (χ2n) is 6.86. The highest BCUT2D eigenvalue weighted by Crippen LogP contribution is 2.25. The molecule has 0 aromatic heterocycles. The van der Waals surface area contributed by atoms with Crippen LogP contribution >= 0.6 is 0 Å². The standard InChI is InChI=1S/C21H25FN2O/c1-16-3-9-20(10-4-16)24(17(2)25)21-11-13-23(14-12-21)15-18-5-7-19(22)8-6-18/h3-10,21H,11-15H2,1-2H3. The molecule has 0 N–H and O–H groups in total. The molecule has 0 unspecified atom stereocenters. The zero-order chi connectivity index (χ0) is 17.8. The summed E-state index contributed by atoms with van der Waals surface area (Å²) in [5.41, 5.74) is 3.30. The van der Waals surface area contributed by atoms with Gasteiger partial charge in [0.1, 0.15) is 5.82 Å². The van der Waals surface area contributed by atoms with Crippen molar-refractivity contribution in [3.8, 4) is 0 Å². The molecule has 1 aliphatic heterocycles. The number of amides is 1. The van der Waals surface area contributed by atoms with Crippen molar-refractivity contribution in [2.24, 2.45) is 0 Å². The van der Waals surface area contributed by atoms with Gasteiger partial charge in [0, 0.05) is 38.3 Å². The first kappa shape index (κ1) is 17.6. The number of hydrogen-bond acceptors (Lipinski definition) is 2. The van der Waals surface area contributed by atoms with E-state index in [1.54, 1.807) is 6.92 Å². The maximum absolute atomic E-state index is 13.0. The summed E-state index contributed by atoms with van der Waals surface area (Å²) in [7, 11) is 0. The Morgan fingerprint density at radius 1 is 1.08 bits per heavy atom. The topological polar surface area (TPSA) is 23.6 Å². The molecule has 1 heterocycles. The Morgan fingerprint density at radius 2 is 1.68 bits per heavy atom. The molecule has 4 heteroatoms. The van der Waals surface area contributed by atoms with Gasteiger partial charge in [0.2, 0.25) is 5.91 Å². The van der Waals surface area contributed by atoms with Crippen molar-refractivity contribution in [2.45, 2.75) is 39.3 Å². The summed E-state index contributed by atoms with van der Waals surface area (Å²) in [5, 5.41) is 0. The maximum atomic E-state index is 13.0. The van der Waals surface area contributed by atoms with Crippen molar-refractivity contribution in [2.75, 3.05) is 18.0 Å². The van der Waals surface area contributed by atoms with Gasteiger partial charge in [-0.1, -0.05) is 29.8 Å². The smallest absolute Gasteiger partial charge is 0.224 e. The molecule has 0 atom stereocenters. The van der Waals surface area contributed by atoms with Crippen LogP contribution in [-0.4, -0.2) is 29.9 Å². The van der Waals surface area contributed by atoms with Crippen molar-refractivity contribution in [1.29, 1.82) is 0 Å². The molecule has 1 fully saturated rings. The summed E-state index contributed by atoms with van der Waals surface area (Å²) in [5.74, 6) is -0.0986. The van der Waals surface area contributed by atoms with Crippen LogP contribution in [0.2, 0.25) is 0 Å². The van der Waals surface area contributed by atoms with Gasteiger partial charge in [0.15, 0.2) is 0 Å². The minimum absolute atomic E-state index is 0.0980. The number of halogens is 1. The van der Waals surface area contributed by atoms with Crippen LogP contribution in [0.1, 0.15) is 30.9 Å². The van der Waals surface area contributed by atoms with E-state index in [1.165, 1.54) is 17.7 Å². The molecule has 0 bridgehead atoms. The Bertz CT molecular complexity index is 704. The predicted molar refractivity (Wildman–Crippen MR) is 99.0 cm³/mol. The lowest BCUT2D eigenvalue weighted by Gasteiger charge is -2.38. The van der Waals surface area contributed by atoms with Gasteiger partial charge >= 0.3 is 0 Å². The van der Waals surface area contributed by atoms with E-state index in [0.717, 1.165) is 43.7 Å². The van der Waals surface area contributed by atoms with Crippen LogP contribution in [0.4, 0.5) is 10.1 Å². The number of carbonyl (C=O) groups is 1. The Kier molecular flexibility index (Phi) is 5.49. The molecule has 0 radical (unpaired) electrons. The van der Waals surface area contributed by atoms with E-state index >= 15 is 0 Å². The number of aryl methyl sites for hydroxylation is 1. The number of likely N-dealkylation sites (tertiary alicyclic amines) is 1. The molecule has 0 aliphatic carbocycles. The first-order valence-electron chi connectivity index (χ1n) is 8.86. The molecule has 2 aromatic carbocycles. The monoisotopic (exact) mass is 340 g/mol. The number of carbonyl (C=O) groups excluding carboxylic acids is 1. The van der Waals surface area contributed by atoms with E-state index in [9.17, 15) is 9.18 Å². The number of hydrogen-bond donors (Lipinski definition) is 0. The van der Waals surface area contributed by atoms with E-state index < -0.39 is 0 Å². The molecule has 1 aliphatic rings. The third kappa shape index (κ3) is 4.45. The average molecular weight is 340 g/mol. The van der Waals surface area contributed by atoms with Gasteiger partial charge in [0.25, 0.3) is 0 Å². The van der Waals surface area contributed by atoms with Crippen LogP contribution in [0.15, 0.2) is 48.5 Å². The minimum Gasteiger partial charge on any atom is -0.310 e. The van der Waals surface area contributed by atoms with Gasteiger partial charge in [0.05, 0.1) is 0 Å². The van der Waals surface area contributed by atoms with Crippen LogP contribution in [-0.2, 0) is 11.3 Å². The SMILES string of the molecule is CC(=O)N(c1ccc(C)cc1)C1CCN(Cc2ccc(F)cc2)CC1. The molecule has 1 saturated heterocycles. The van der Waals surface area contributed by atoms with Crippen molar-refractivity contribution in [3.05, 3.63) is 65.5 Å². The molecule has 132 valence electrons. The average Bonchev–Trinajstić information content (AvgIpc) is 2.60. The lowest BCUT2D eigenvalue weighted by atomic mass is 10.0. The minimum atomic E-state index is -0.197. The third-order valence-electron chi connectivity index (χ3n) is 4.89. The van der Waals surface area contributed by atoms with Gasteiger partial charge < -0.3 is 4.90 Å². The highest BCUT2D eigenvalue weighted by Gasteiger charge is 2.27. The lowest BCUT2D eigenvalue weighted by Crippen LogP contribution is -2.46. The fraction of sp³-hybridized carbons (Fsp3) is 0.381. The van der Waals surface area contributed by atoms with E-state index in [-0.39, 0.29) is 17.8 Å². The van der Waals surface area contributed by atoms with Gasteiger partial charge in [-0.05, 0) is 49.6 Å². The van der Waals surface area contributed by atoms with Gasteiger partial charge in [-0.3, -0.25) is 9.69 Å². The normalized spacial score (nSPS) is 16.0. The van der Waals surface area contributed by atoms with Gasteiger partial charge in [-0.15, -0.1) is 0 Å². The van der Waals surface area contributed by atoms with Gasteiger partial charge in [-0.25, -0.2) is 4.39 Å². The molecular weight excluding hydrogens is 315 g/mol. The number of rotatable bonds is 4. The highest BCUT2D eigenvalue weighted by atomic mass is 19.1. The molecule has 2 aromatic rings. The van der Waals surface area contributed by atoms with Crippen molar-refractivity contribution >= 4 is 11.6 Å². The van der Waals surface area contributed by atoms with Crippen LogP contribution in [0.5, 0.6) is 0 Å². The summed E-state index contributed by atoms with van der Waals surface area (Å²) >= 11 is 0. The maximum Gasteiger partial charge on any atom is 0.224 e. The Hall–Kier alpha value is -2.20. The second-order valence-corrected chi connectivity index (χ2v) is 6.86. The van der Waals surface area contributed by atoms with E-state index in [0.29, 0.717) is 0 Å². The summed E-state index contributed by atoms with van der Waals surface area (Å²) < 4.78 is 13.0. The van der Waals surface area contributed by atoms with E-state index in [4.69, 9.17) is 0 Å². The number of benzene rings is 2. The first-order valence-corrected chi connectivity index (χ1v) is 8.86. The second kappa shape index (κ2) is 7.79. The van der Waals surface area contributed by atoms with Gasteiger partial charge in [-0.2, -0.15) is 0 Å². The zero-order valence-electron chi connectivity index (χ0n) is 14.9. The first-order chi connectivity index (χ1) is 12.0. The van der Waals surface area contributed by atoms with Crippen LogP contribution in [0.25, 0.3) is 0 Å². The predicted octanol–water partition coefficient (Wildman–Crippen LogP) is 4.15. The molecular formula is C21H25FN2O. The fourth-order valence-electron chi connectivity index (χ4n) is 3.54. The molecule has 0 saturated carbocycles. The fourth-order valence-corrected chi connectivity index (χ4v) is 3.54. The summed E-state index contributed by atoms with van der Waals surface area (Å²) in [6.45, 7) is 6.41. The highest BCUT2D eigenvalue weighted by molar-refractivity contribution is 5.92. The Morgan fingerprint density at radius 3 is 2.24 bits per heavy atom. The molecule has 3 rings (SSSR count). The molecule has 1 amide bonds. The summed E-state index contributed by atoms with van der Waals surface area (Å²) in [4.78, 5) is 16.5. The third-order valence-corrected chi connectivity index (χ3v) is 4.89. The van der Waals surface area contributed by atoms with Crippen LogP contribution in [0.3, 0.4) is 0 Å². The lowest BCUT2D eigenvalue weighted by molar-refractivity contribution is -0.117. The molecule has 3 nitrogen and oxygen atoms in total. The summed E-state index contributed by atoms with van der Waals surface area (Å²) in [6, 6.07) is 15.1. The van der Waals surface area contributed by atoms with Crippen molar-refractivity contribution < 1.29 is 9.18 Å². The summed E-state index contributed by atoms with van der Waals surface area (Å²) in [6.07, 6.45) is 1.91. The van der Waals surface area contributed by atoms with Crippen LogP contribution < -0.4 is 4.90 Å². The number of anilines is 1. The van der Waals surface area contributed by atoms with Crippen molar-refractivity contribution in [1.82, 2.24) is 4.90 Å². The van der Waals surface area contributed by atoms with E-state index in [2.05, 4.69) is 24.0 Å². The molecule has 0 spiro atoms. The Balaban J connectivity index is 1.62. The Labute approximate surface area is 149 Å². The van der Waals surface area contributed by atoms with Crippen molar-refractivity contribution in [3.63, 3.8) is 0 Å². The number of nitrogens with zero attached hydrogens (tertiary/aromatic N) is 2. The number of piperidine rings is 1. The largest absolute Gasteiger partial charge is 0.310 e. The zero-order valence-corrected chi connectivity index (χ0v) is 14.9.